The van der Waals surface area contributed by atoms with E-state index in [1.807, 2.05) is 6.92 Å². The van der Waals surface area contributed by atoms with E-state index >= 15 is 0 Å². The van der Waals surface area contributed by atoms with Gasteiger partial charge in [0.15, 0.2) is 0 Å². The molecule has 0 aromatic carbocycles. The molecule has 33 heavy (non-hydrogen) atoms. The van der Waals surface area contributed by atoms with E-state index in [0.29, 0.717) is 25.8 Å². The highest BCUT2D eigenvalue weighted by atomic mass is 16.4. The van der Waals surface area contributed by atoms with E-state index in [9.17, 15) is 29.1 Å². The van der Waals surface area contributed by atoms with Crippen molar-refractivity contribution in [1.29, 1.82) is 0 Å². The molecule has 0 aliphatic heterocycles. The number of rotatable bonds is 16. The summed E-state index contributed by atoms with van der Waals surface area (Å²) < 4.78 is 0. The fourth-order valence-corrected chi connectivity index (χ4v) is 3.03. The van der Waals surface area contributed by atoms with Crippen LogP contribution in [0.2, 0.25) is 0 Å². The molecule has 3 amide bonds. The highest BCUT2D eigenvalue weighted by molar-refractivity contribution is 5.94. The highest BCUT2D eigenvalue weighted by Crippen LogP contribution is 2.12. The Morgan fingerprint density at radius 3 is 1.88 bits per heavy atom. The summed E-state index contributed by atoms with van der Waals surface area (Å²) in [4.78, 5) is 60.4. The molecule has 0 aliphatic carbocycles. The Morgan fingerprint density at radius 1 is 0.848 bits per heavy atom. The number of carboxylic acids is 2. The highest BCUT2D eigenvalue weighted by Gasteiger charge is 2.33. The first kappa shape index (κ1) is 30.3. The standard InChI is InChI=1S/C21H39N5O7/c1-5-12(4)17(20(31)25-16(11(2)3)21(32)33)26-19(30)14(8-6-7-9-22)24-18(29)13(23)10-15(27)28/h11-14,16-17H,5-10,22-23H2,1-4H3,(H,24,29)(H,25,31)(H,26,30)(H,27,28)(H,32,33). The van der Waals surface area contributed by atoms with E-state index in [4.69, 9.17) is 16.6 Å². The summed E-state index contributed by atoms with van der Waals surface area (Å²) in [7, 11) is 0. The van der Waals surface area contributed by atoms with Crippen LogP contribution in [0.1, 0.15) is 59.8 Å². The van der Waals surface area contributed by atoms with Crippen molar-refractivity contribution < 1.29 is 34.2 Å². The van der Waals surface area contributed by atoms with Crippen molar-refractivity contribution in [1.82, 2.24) is 16.0 Å². The van der Waals surface area contributed by atoms with E-state index in [-0.39, 0.29) is 18.3 Å². The van der Waals surface area contributed by atoms with Crippen molar-refractivity contribution in [2.45, 2.75) is 84.0 Å². The molecular formula is C21H39N5O7. The molecule has 0 radical (unpaired) electrons. The summed E-state index contributed by atoms with van der Waals surface area (Å²) in [6.45, 7) is 7.24. The van der Waals surface area contributed by atoms with Crippen LogP contribution in [-0.4, -0.2) is 70.6 Å². The zero-order chi connectivity index (χ0) is 25.7. The van der Waals surface area contributed by atoms with Gasteiger partial charge in [-0.3, -0.25) is 19.2 Å². The van der Waals surface area contributed by atoms with Gasteiger partial charge in [0.2, 0.25) is 17.7 Å². The van der Waals surface area contributed by atoms with Crippen LogP contribution in [0, 0.1) is 11.8 Å². The first-order valence-electron chi connectivity index (χ1n) is 11.2. The molecule has 190 valence electrons. The van der Waals surface area contributed by atoms with Crippen molar-refractivity contribution >= 4 is 29.7 Å². The van der Waals surface area contributed by atoms with E-state index in [0.717, 1.165) is 0 Å². The number of aliphatic carboxylic acids is 2. The van der Waals surface area contributed by atoms with Crippen LogP contribution in [0.5, 0.6) is 0 Å². The SMILES string of the molecule is CCC(C)C(NC(=O)C(CCCCN)NC(=O)C(N)CC(=O)O)C(=O)NC(C(=O)O)C(C)C. The molecule has 0 spiro atoms. The van der Waals surface area contributed by atoms with Crippen LogP contribution in [0.15, 0.2) is 0 Å². The molecule has 5 atom stereocenters. The second-order valence-corrected chi connectivity index (χ2v) is 8.49. The maximum Gasteiger partial charge on any atom is 0.326 e. The third kappa shape index (κ3) is 11.1. The third-order valence-corrected chi connectivity index (χ3v) is 5.33. The molecule has 0 aliphatic rings. The van der Waals surface area contributed by atoms with Gasteiger partial charge in [-0.25, -0.2) is 4.79 Å². The minimum atomic E-state index is -1.34. The fraction of sp³-hybridized carbons (Fsp3) is 0.762. The number of unbranched alkanes of at least 4 members (excludes halogenated alkanes) is 1. The lowest BCUT2D eigenvalue weighted by atomic mass is 9.96. The Kier molecular flexibility index (Phi) is 13.9. The summed E-state index contributed by atoms with van der Waals surface area (Å²) >= 11 is 0. The Morgan fingerprint density at radius 2 is 1.42 bits per heavy atom. The molecule has 0 saturated heterocycles. The Balaban J connectivity index is 5.56. The summed E-state index contributed by atoms with van der Waals surface area (Å²) in [6, 6.07) is -4.58. The summed E-state index contributed by atoms with van der Waals surface area (Å²) in [5.74, 6) is -5.25. The molecular weight excluding hydrogens is 434 g/mol. The quantitative estimate of drug-likeness (QED) is 0.139. The number of carboxylic acid groups (broad SMARTS) is 2. The van der Waals surface area contributed by atoms with Gasteiger partial charge in [-0.1, -0.05) is 34.1 Å². The van der Waals surface area contributed by atoms with Crippen molar-refractivity contribution in [3.63, 3.8) is 0 Å². The van der Waals surface area contributed by atoms with E-state index in [2.05, 4.69) is 16.0 Å². The van der Waals surface area contributed by atoms with Crippen molar-refractivity contribution in [3.8, 4) is 0 Å². The van der Waals surface area contributed by atoms with Gasteiger partial charge in [-0.15, -0.1) is 0 Å². The predicted octanol–water partition coefficient (Wildman–Crippen LogP) is -0.841. The monoisotopic (exact) mass is 473 g/mol. The Hall–Kier alpha value is -2.73. The molecule has 0 fully saturated rings. The van der Waals surface area contributed by atoms with Crippen molar-refractivity contribution in [2.75, 3.05) is 6.54 Å². The second kappa shape index (κ2) is 15.2. The van der Waals surface area contributed by atoms with Crippen LogP contribution >= 0.6 is 0 Å². The number of hydrogen-bond acceptors (Lipinski definition) is 7. The van der Waals surface area contributed by atoms with Crippen molar-refractivity contribution in [2.24, 2.45) is 23.3 Å². The molecule has 0 aromatic heterocycles. The lowest BCUT2D eigenvalue weighted by Crippen LogP contribution is -2.59. The normalized spacial score (nSPS) is 15.6. The smallest absolute Gasteiger partial charge is 0.326 e. The zero-order valence-electron chi connectivity index (χ0n) is 19.8. The number of nitrogens with one attached hydrogen (secondary N) is 3. The van der Waals surface area contributed by atoms with Gasteiger partial charge in [-0.2, -0.15) is 0 Å². The first-order valence-corrected chi connectivity index (χ1v) is 11.2. The van der Waals surface area contributed by atoms with Crippen LogP contribution in [0.25, 0.3) is 0 Å². The van der Waals surface area contributed by atoms with Gasteiger partial charge in [0.25, 0.3) is 0 Å². The maximum absolute atomic E-state index is 13.0. The molecule has 0 aromatic rings. The Labute approximate surface area is 194 Å². The molecule has 0 saturated carbocycles. The average Bonchev–Trinajstić information content (AvgIpc) is 2.73. The molecule has 0 rings (SSSR count). The van der Waals surface area contributed by atoms with Gasteiger partial charge < -0.3 is 37.6 Å². The minimum Gasteiger partial charge on any atom is -0.481 e. The summed E-state index contributed by atoms with van der Waals surface area (Å²) in [5.41, 5.74) is 11.1. The topological polar surface area (TPSA) is 214 Å². The zero-order valence-corrected chi connectivity index (χ0v) is 19.8. The van der Waals surface area contributed by atoms with E-state index < -0.39 is 60.2 Å². The Bertz CT molecular complexity index is 686. The summed E-state index contributed by atoms with van der Waals surface area (Å²) in [6.07, 6.45) is 1.20. The minimum absolute atomic E-state index is 0.202. The number of carbonyl (C=O) groups excluding carboxylic acids is 3. The molecule has 0 bridgehead atoms. The number of carbonyl (C=O) groups is 5. The first-order chi connectivity index (χ1) is 15.3. The fourth-order valence-electron chi connectivity index (χ4n) is 3.03. The number of hydrogen-bond donors (Lipinski definition) is 7. The van der Waals surface area contributed by atoms with E-state index in [1.165, 1.54) is 0 Å². The molecule has 12 nitrogen and oxygen atoms in total. The lowest BCUT2D eigenvalue weighted by Gasteiger charge is -2.28. The average molecular weight is 474 g/mol. The maximum atomic E-state index is 13.0. The van der Waals surface area contributed by atoms with Crippen LogP contribution in [-0.2, 0) is 24.0 Å². The van der Waals surface area contributed by atoms with Gasteiger partial charge in [0.05, 0.1) is 12.5 Å². The third-order valence-electron chi connectivity index (χ3n) is 5.33. The molecule has 12 heteroatoms. The lowest BCUT2D eigenvalue weighted by molar-refractivity contribution is -0.144. The van der Waals surface area contributed by atoms with Crippen LogP contribution < -0.4 is 27.4 Å². The molecule has 0 heterocycles. The van der Waals surface area contributed by atoms with Gasteiger partial charge in [-0.05, 0) is 37.6 Å². The molecule has 9 N–H and O–H groups in total. The van der Waals surface area contributed by atoms with Gasteiger partial charge in [0, 0.05) is 0 Å². The van der Waals surface area contributed by atoms with Gasteiger partial charge >= 0.3 is 11.9 Å². The van der Waals surface area contributed by atoms with Gasteiger partial charge in [0.1, 0.15) is 18.1 Å². The number of nitrogens with two attached hydrogens (primary N) is 2. The molecule has 5 unspecified atom stereocenters. The van der Waals surface area contributed by atoms with E-state index in [1.54, 1.807) is 20.8 Å². The predicted molar refractivity (Wildman–Crippen MR) is 121 cm³/mol. The van der Waals surface area contributed by atoms with Crippen LogP contribution in [0.3, 0.4) is 0 Å². The number of amides is 3. The second-order valence-electron chi connectivity index (χ2n) is 8.49. The van der Waals surface area contributed by atoms with Crippen LogP contribution in [0.4, 0.5) is 0 Å². The summed E-state index contributed by atoms with van der Waals surface area (Å²) in [5, 5.41) is 25.7. The largest absolute Gasteiger partial charge is 0.481 e. The van der Waals surface area contributed by atoms with Crippen molar-refractivity contribution in [3.05, 3.63) is 0 Å².